The van der Waals surface area contributed by atoms with Gasteiger partial charge >= 0.3 is 5.97 Å². The SMILES string of the molecule is CCc1csc(N(CC)C2COCC2C(=O)O)n1. The van der Waals surface area contributed by atoms with E-state index in [2.05, 4.69) is 16.8 Å². The summed E-state index contributed by atoms with van der Waals surface area (Å²) in [6, 6.07) is -0.108. The first-order chi connectivity index (χ1) is 8.67. The second kappa shape index (κ2) is 5.67. The average molecular weight is 270 g/mol. The molecule has 0 bridgehead atoms. The van der Waals surface area contributed by atoms with E-state index < -0.39 is 11.9 Å². The highest BCUT2D eigenvalue weighted by Crippen LogP contribution is 2.28. The van der Waals surface area contributed by atoms with Crippen LogP contribution in [0.25, 0.3) is 0 Å². The zero-order chi connectivity index (χ0) is 13.1. The largest absolute Gasteiger partial charge is 0.481 e. The fraction of sp³-hybridized carbons (Fsp3) is 0.667. The van der Waals surface area contributed by atoms with Crippen LogP contribution in [0, 0.1) is 5.92 Å². The van der Waals surface area contributed by atoms with E-state index >= 15 is 0 Å². The van der Waals surface area contributed by atoms with Crippen molar-refractivity contribution >= 4 is 22.4 Å². The van der Waals surface area contributed by atoms with Gasteiger partial charge in [0.2, 0.25) is 0 Å². The van der Waals surface area contributed by atoms with Crippen LogP contribution in [0.3, 0.4) is 0 Å². The molecule has 0 radical (unpaired) electrons. The monoisotopic (exact) mass is 270 g/mol. The third-order valence-electron chi connectivity index (χ3n) is 3.26. The summed E-state index contributed by atoms with van der Waals surface area (Å²) in [4.78, 5) is 17.8. The molecule has 1 N–H and O–H groups in total. The summed E-state index contributed by atoms with van der Waals surface area (Å²) in [5.74, 6) is -1.25. The molecular weight excluding hydrogens is 252 g/mol. The highest BCUT2D eigenvalue weighted by atomic mass is 32.1. The van der Waals surface area contributed by atoms with E-state index in [4.69, 9.17) is 4.74 Å². The van der Waals surface area contributed by atoms with Crippen LogP contribution in [0.2, 0.25) is 0 Å². The molecule has 1 aliphatic rings. The molecule has 100 valence electrons. The Morgan fingerprint density at radius 3 is 2.94 bits per heavy atom. The molecule has 6 heteroatoms. The number of hydrogen-bond acceptors (Lipinski definition) is 5. The van der Waals surface area contributed by atoms with Gasteiger partial charge in [0.1, 0.15) is 5.92 Å². The standard InChI is InChI=1S/C12H18N2O3S/c1-3-8-7-18-12(13-8)14(4-2)10-6-17-5-9(10)11(15)16/h7,9-10H,3-6H2,1-2H3,(H,15,16). The number of carboxylic acid groups (broad SMARTS) is 1. The Morgan fingerprint density at radius 1 is 1.61 bits per heavy atom. The quantitative estimate of drug-likeness (QED) is 0.881. The molecule has 0 aliphatic carbocycles. The Balaban J connectivity index is 2.19. The third kappa shape index (κ3) is 2.49. The number of thiazole rings is 1. The third-order valence-corrected chi connectivity index (χ3v) is 4.18. The van der Waals surface area contributed by atoms with E-state index in [9.17, 15) is 9.90 Å². The van der Waals surface area contributed by atoms with Crippen LogP contribution in [0.4, 0.5) is 5.13 Å². The maximum Gasteiger partial charge on any atom is 0.311 e. The lowest BCUT2D eigenvalue weighted by Gasteiger charge is -2.28. The van der Waals surface area contributed by atoms with Gasteiger partial charge in [-0.1, -0.05) is 6.92 Å². The number of nitrogens with zero attached hydrogens (tertiary/aromatic N) is 2. The van der Waals surface area contributed by atoms with E-state index in [0.29, 0.717) is 13.2 Å². The second-order valence-electron chi connectivity index (χ2n) is 4.31. The molecule has 5 nitrogen and oxygen atoms in total. The van der Waals surface area contributed by atoms with Crippen molar-refractivity contribution < 1.29 is 14.6 Å². The summed E-state index contributed by atoms with van der Waals surface area (Å²) in [6.45, 7) is 5.58. The van der Waals surface area contributed by atoms with Gasteiger partial charge in [0.05, 0.1) is 24.9 Å². The molecular formula is C12H18N2O3S. The van der Waals surface area contributed by atoms with Gasteiger partial charge in [-0.15, -0.1) is 11.3 Å². The first-order valence-corrected chi connectivity index (χ1v) is 7.06. The number of aliphatic carboxylic acids is 1. The number of carbonyl (C=O) groups is 1. The van der Waals surface area contributed by atoms with Gasteiger partial charge in [-0.3, -0.25) is 4.79 Å². The number of anilines is 1. The van der Waals surface area contributed by atoms with Gasteiger partial charge in [0.25, 0.3) is 0 Å². The molecule has 1 fully saturated rings. The minimum absolute atomic E-state index is 0.108. The molecule has 2 unspecified atom stereocenters. The van der Waals surface area contributed by atoms with Gasteiger partial charge in [-0.05, 0) is 13.3 Å². The maximum atomic E-state index is 11.2. The Bertz CT molecular complexity index is 421. The molecule has 0 aromatic carbocycles. The predicted octanol–water partition coefficient (Wildman–Crippen LogP) is 1.63. The van der Waals surface area contributed by atoms with Crippen LogP contribution in [-0.2, 0) is 16.0 Å². The first-order valence-electron chi connectivity index (χ1n) is 6.19. The van der Waals surface area contributed by atoms with Crippen LogP contribution >= 0.6 is 11.3 Å². The molecule has 18 heavy (non-hydrogen) atoms. The van der Waals surface area contributed by atoms with Crippen molar-refractivity contribution in [2.45, 2.75) is 26.3 Å². The van der Waals surface area contributed by atoms with Crippen molar-refractivity contribution in [2.24, 2.45) is 5.92 Å². The Kier molecular flexibility index (Phi) is 4.19. The summed E-state index contributed by atoms with van der Waals surface area (Å²) < 4.78 is 5.32. The molecule has 1 saturated heterocycles. The van der Waals surface area contributed by atoms with E-state index in [-0.39, 0.29) is 6.04 Å². The van der Waals surface area contributed by atoms with E-state index in [1.807, 2.05) is 12.3 Å². The fourth-order valence-corrected chi connectivity index (χ4v) is 3.22. The lowest BCUT2D eigenvalue weighted by molar-refractivity contribution is -0.141. The fourth-order valence-electron chi connectivity index (χ4n) is 2.19. The summed E-state index contributed by atoms with van der Waals surface area (Å²) in [7, 11) is 0. The molecule has 0 amide bonds. The van der Waals surface area contributed by atoms with Gasteiger partial charge in [-0.2, -0.15) is 0 Å². The number of hydrogen-bond donors (Lipinski definition) is 1. The Morgan fingerprint density at radius 2 is 2.39 bits per heavy atom. The number of likely N-dealkylation sites (N-methyl/N-ethyl adjacent to an activating group) is 1. The van der Waals surface area contributed by atoms with E-state index in [1.165, 1.54) is 0 Å². The lowest BCUT2D eigenvalue weighted by Crippen LogP contribution is -2.43. The second-order valence-corrected chi connectivity index (χ2v) is 5.15. The van der Waals surface area contributed by atoms with Gasteiger partial charge in [0, 0.05) is 11.9 Å². The zero-order valence-corrected chi connectivity index (χ0v) is 11.4. The van der Waals surface area contributed by atoms with Gasteiger partial charge in [0.15, 0.2) is 5.13 Å². The average Bonchev–Trinajstić information content (AvgIpc) is 2.98. The molecule has 2 heterocycles. The Hall–Kier alpha value is -1.14. The summed E-state index contributed by atoms with van der Waals surface area (Å²) >= 11 is 1.57. The van der Waals surface area contributed by atoms with Crippen molar-refractivity contribution in [3.8, 4) is 0 Å². The van der Waals surface area contributed by atoms with Crippen LogP contribution in [-0.4, -0.2) is 41.9 Å². The zero-order valence-electron chi connectivity index (χ0n) is 10.6. The highest BCUT2D eigenvalue weighted by Gasteiger charge is 2.38. The molecule has 0 spiro atoms. The molecule has 2 rings (SSSR count). The maximum absolute atomic E-state index is 11.2. The number of carboxylic acids is 1. The number of aromatic nitrogens is 1. The van der Waals surface area contributed by atoms with Gasteiger partial charge < -0.3 is 14.7 Å². The summed E-state index contributed by atoms with van der Waals surface area (Å²) in [5, 5.41) is 12.1. The van der Waals surface area contributed by atoms with Crippen molar-refractivity contribution in [3.05, 3.63) is 11.1 Å². The van der Waals surface area contributed by atoms with Gasteiger partial charge in [-0.25, -0.2) is 4.98 Å². The lowest BCUT2D eigenvalue weighted by atomic mass is 10.0. The topological polar surface area (TPSA) is 62.7 Å². The molecule has 1 aromatic heterocycles. The predicted molar refractivity (Wildman–Crippen MR) is 70.2 cm³/mol. The first kappa shape index (κ1) is 13.3. The number of ether oxygens (including phenoxy) is 1. The van der Waals surface area contributed by atoms with Crippen LogP contribution in [0.15, 0.2) is 5.38 Å². The molecule has 1 aliphatic heterocycles. The molecule has 0 saturated carbocycles. The van der Waals surface area contributed by atoms with Crippen LogP contribution < -0.4 is 4.90 Å². The van der Waals surface area contributed by atoms with E-state index in [1.54, 1.807) is 11.3 Å². The van der Waals surface area contributed by atoms with Crippen molar-refractivity contribution in [1.29, 1.82) is 0 Å². The highest BCUT2D eigenvalue weighted by molar-refractivity contribution is 7.13. The number of rotatable bonds is 5. The Labute approximate surface area is 110 Å². The smallest absolute Gasteiger partial charge is 0.311 e. The van der Waals surface area contributed by atoms with Crippen LogP contribution in [0.5, 0.6) is 0 Å². The summed E-state index contributed by atoms with van der Waals surface area (Å²) in [5.41, 5.74) is 1.05. The van der Waals surface area contributed by atoms with Crippen LogP contribution in [0.1, 0.15) is 19.5 Å². The summed E-state index contributed by atoms with van der Waals surface area (Å²) in [6.07, 6.45) is 0.900. The van der Waals surface area contributed by atoms with Crippen molar-refractivity contribution in [2.75, 3.05) is 24.7 Å². The normalized spacial score (nSPS) is 23.2. The van der Waals surface area contributed by atoms with Crippen molar-refractivity contribution in [1.82, 2.24) is 4.98 Å². The molecule has 2 atom stereocenters. The van der Waals surface area contributed by atoms with E-state index in [0.717, 1.165) is 23.8 Å². The number of aryl methyl sites for hydroxylation is 1. The van der Waals surface area contributed by atoms with Crippen molar-refractivity contribution in [3.63, 3.8) is 0 Å². The molecule has 1 aromatic rings. The minimum atomic E-state index is -0.789. The minimum Gasteiger partial charge on any atom is -0.481 e.